The Bertz CT molecular complexity index is 975. The lowest BCUT2D eigenvalue weighted by Gasteiger charge is -2.11. The fourth-order valence-corrected chi connectivity index (χ4v) is 2.85. The number of alkyl halides is 3. The van der Waals surface area contributed by atoms with Crippen LogP contribution in [0, 0.1) is 6.92 Å². The van der Waals surface area contributed by atoms with Gasteiger partial charge in [0.05, 0.1) is 18.8 Å². The van der Waals surface area contributed by atoms with Gasteiger partial charge < -0.3 is 10.1 Å². The van der Waals surface area contributed by atoms with Gasteiger partial charge in [-0.15, -0.1) is 0 Å². The Labute approximate surface area is 163 Å². The number of rotatable bonds is 7. The number of hydrogen-bond donors (Lipinski definition) is 1. The molecule has 3 heterocycles. The van der Waals surface area contributed by atoms with Gasteiger partial charge in [0, 0.05) is 5.69 Å². The Balaban J connectivity index is 1.94. The van der Waals surface area contributed by atoms with Gasteiger partial charge in [-0.2, -0.15) is 23.3 Å². The number of ether oxygens (including phenoxy) is 1. The van der Waals surface area contributed by atoms with Crippen LogP contribution in [0.4, 0.5) is 24.8 Å². The number of pyridine rings is 1. The molecule has 0 amide bonds. The molecular formula is C17H18ClF3N6O. The van der Waals surface area contributed by atoms with Crippen LogP contribution in [0.25, 0.3) is 11.0 Å². The molecule has 0 aromatic carbocycles. The number of anilines is 2. The maximum atomic E-state index is 12.3. The normalized spacial score (nSPS) is 11.9. The summed E-state index contributed by atoms with van der Waals surface area (Å²) >= 11 is 6.07. The van der Waals surface area contributed by atoms with Gasteiger partial charge in [-0.3, -0.25) is 4.68 Å². The monoisotopic (exact) mass is 414 g/mol. The molecule has 11 heteroatoms. The molecule has 0 atom stereocenters. The molecular weight excluding hydrogens is 397 g/mol. The first-order chi connectivity index (χ1) is 13.3. The summed E-state index contributed by atoms with van der Waals surface area (Å²) in [5.74, 6) is 0.923. The first-order valence-electron chi connectivity index (χ1n) is 8.55. The molecule has 3 rings (SSSR count). The van der Waals surface area contributed by atoms with Crippen LogP contribution < -0.4 is 5.32 Å². The van der Waals surface area contributed by atoms with E-state index in [1.807, 2.05) is 26.0 Å². The highest BCUT2D eigenvalue weighted by Gasteiger charge is 2.27. The van der Waals surface area contributed by atoms with Crippen LogP contribution in [-0.4, -0.2) is 44.1 Å². The minimum Gasteiger partial charge on any atom is -0.370 e. The van der Waals surface area contributed by atoms with Crippen LogP contribution in [0.1, 0.15) is 18.3 Å². The average Bonchev–Trinajstić information content (AvgIpc) is 2.95. The molecule has 3 aromatic rings. The van der Waals surface area contributed by atoms with Crippen LogP contribution in [-0.2, 0) is 17.7 Å². The van der Waals surface area contributed by atoms with E-state index in [9.17, 15) is 13.2 Å². The van der Waals surface area contributed by atoms with Crippen LogP contribution in [0.5, 0.6) is 0 Å². The molecule has 0 fully saturated rings. The van der Waals surface area contributed by atoms with E-state index in [0.717, 1.165) is 5.69 Å². The predicted octanol–water partition coefficient (Wildman–Crippen LogP) is 4.07. The third-order valence-corrected chi connectivity index (χ3v) is 3.98. The second-order valence-electron chi connectivity index (χ2n) is 6.02. The molecule has 1 N–H and O–H groups in total. The summed E-state index contributed by atoms with van der Waals surface area (Å²) in [7, 11) is 0. The Morgan fingerprint density at radius 1 is 1.21 bits per heavy atom. The zero-order valence-electron chi connectivity index (χ0n) is 15.2. The molecule has 0 radical (unpaired) electrons. The molecule has 3 aromatic heterocycles. The highest BCUT2D eigenvalue weighted by atomic mass is 35.5. The van der Waals surface area contributed by atoms with Crippen LogP contribution in [0.3, 0.4) is 0 Å². The van der Waals surface area contributed by atoms with Crippen LogP contribution in [0.15, 0.2) is 18.2 Å². The minimum atomic E-state index is -4.37. The maximum absolute atomic E-state index is 12.3. The summed E-state index contributed by atoms with van der Waals surface area (Å²) in [6.45, 7) is 2.38. The van der Waals surface area contributed by atoms with Crippen molar-refractivity contribution in [3.05, 3.63) is 34.9 Å². The zero-order chi connectivity index (χ0) is 20.3. The topological polar surface area (TPSA) is 77.8 Å². The standard InChI is InChI=1S/C17H18ClF3N6O/c1-3-11-13-14(27(26-11)7-8-28-9-17(19,20)21)15(25-16(18)24-13)23-12-6-4-5-10(2)22-12/h4-6H,3,7-9H2,1-2H3,(H,22,23,24,25). The third kappa shape index (κ3) is 4.87. The van der Waals surface area contributed by atoms with Gasteiger partial charge in [-0.1, -0.05) is 13.0 Å². The summed E-state index contributed by atoms with van der Waals surface area (Å²) in [4.78, 5) is 12.8. The second kappa shape index (κ2) is 8.27. The van der Waals surface area contributed by atoms with Crippen molar-refractivity contribution in [1.29, 1.82) is 0 Å². The minimum absolute atomic E-state index is 0.0326. The number of aryl methyl sites for hydroxylation is 2. The first kappa shape index (κ1) is 20.3. The Kier molecular flexibility index (Phi) is 5.99. The maximum Gasteiger partial charge on any atom is 0.411 e. The second-order valence-corrected chi connectivity index (χ2v) is 6.36. The largest absolute Gasteiger partial charge is 0.411 e. The number of fused-ring (bicyclic) bond motifs is 1. The summed E-state index contributed by atoms with van der Waals surface area (Å²) in [5.41, 5.74) is 2.54. The zero-order valence-corrected chi connectivity index (χ0v) is 16.0. The van der Waals surface area contributed by atoms with E-state index >= 15 is 0 Å². The summed E-state index contributed by atoms with van der Waals surface area (Å²) in [6, 6.07) is 5.46. The molecule has 0 aliphatic heterocycles. The lowest BCUT2D eigenvalue weighted by Crippen LogP contribution is -2.19. The SMILES string of the molecule is CCc1nn(CCOCC(F)(F)F)c2c(Nc3cccc(C)n3)nc(Cl)nc12. The van der Waals surface area contributed by atoms with E-state index in [-0.39, 0.29) is 18.4 Å². The van der Waals surface area contributed by atoms with Gasteiger partial charge in [0.25, 0.3) is 0 Å². The van der Waals surface area contributed by atoms with Gasteiger partial charge in [0.15, 0.2) is 5.82 Å². The van der Waals surface area contributed by atoms with E-state index in [0.29, 0.717) is 34.8 Å². The highest BCUT2D eigenvalue weighted by molar-refractivity contribution is 6.28. The smallest absolute Gasteiger partial charge is 0.370 e. The molecule has 0 aliphatic carbocycles. The number of hydrogen-bond acceptors (Lipinski definition) is 6. The van der Waals surface area contributed by atoms with E-state index < -0.39 is 12.8 Å². The van der Waals surface area contributed by atoms with Gasteiger partial charge in [-0.25, -0.2) is 9.97 Å². The summed E-state index contributed by atoms with van der Waals surface area (Å²) in [6.07, 6.45) is -3.80. The van der Waals surface area contributed by atoms with Gasteiger partial charge in [0.1, 0.15) is 23.5 Å². The number of nitrogens with zero attached hydrogens (tertiary/aromatic N) is 5. The van der Waals surface area contributed by atoms with Crippen LogP contribution >= 0.6 is 11.6 Å². The first-order valence-corrected chi connectivity index (χ1v) is 8.92. The lowest BCUT2D eigenvalue weighted by molar-refractivity contribution is -0.174. The summed E-state index contributed by atoms with van der Waals surface area (Å²) < 4.78 is 43.1. The number of nitrogens with one attached hydrogen (secondary N) is 1. The third-order valence-electron chi connectivity index (χ3n) is 3.81. The Morgan fingerprint density at radius 2 is 2.00 bits per heavy atom. The van der Waals surface area contributed by atoms with E-state index in [1.165, 1.54) is 4.68 Å². The van der Waals surface area contributed by atoms with Crippen molar-refractivity contribution in [2.75, 3.05) is 18.5 Å². The Morgan fingerprint density at radius 3 is 2.68 bits per heavy atom. The molecule has 0 saturated carbocycles. The summed E-state index contributed by atoms with van der Waals surface area (Å²) in [5, 5.41) is 7.56. The van der Waals surface area contributed by atoms with Crippen molar-refractivity contribution >= 4 is 34.3 Å². The molecule has 0 aliphatic rings. The van der Waals surface area contributed by atoms with E-state index in [1.54, 1.807) is 6.07 Å². The predicted molar refractivity (Wildman–Crippen MR) is 98.8 cm³/mol. The fourth-order valence-electron chi connectivity index (χ4n) is 2.68. The van der Waals surface area contributed by atoms with Crippen LogP contribution in [0.2, 0.25) is 5.28 Å². The molecule has 0 bridgehead atoms. The fraction of sp³-hybridized carbons (Fsp3) is 0.412. The Hall–Kier alpha value is -2.46. The molecule has 0 spiro atoms. The molecule has 28 heavy (non-hydrogen) atoms. The number of aromatic nitrogens is 5. The van der Waals surface area contributed by atoms with Crippen molar-refractivity contribution in [1.82, 2.24) is 24.7 Å². The van der Waals surface area contributed by atoms with Crippen molar-refractivity contribution in [3.8, 4) is 0 Å². The van der Waals surface area contributed by atoms with Crippen molar-refractivity contribution < 1.29 is 17.9 Å². The van der Waals surface area contributed by atoms with E-state index in [2.05, 4.69) is 25.4 Å². The molecule has 0 unspecified atom stereocenters. The van der Waals surface area contributed by atoms with Gasteiger partial charge in [-0.05, 0) is 37.1 Å². The quantitative estimate of drug-likeness (QED) is 0.464. The van der Waals surface area contributed by atoms with Crippen molar-refractivity contribution in [2.24, 2.45) is 0 Å². The molecule has 0 saturated heterocycles. The lowest BCUT2D eigenvalue weighted by atomic mass is 10.3. The van der Waals surface area contributed by atoms with Gasteiger partial charge in [0.2, 0.25) is 5.28 Å². The van der Waals surface area contributed by atoms with Crippen molar-refractivity contribution in [3.63, 3.8) is 0 Å². The molecule has 7 nitrogen and oxygen atoms in total. The molecule has 150 valence electrons. The van der Waals surface area contributed by atoms with Crippen molar-refractivity contribution in [2.45, 2.75) is 33.0 Å². The average molecular weight is 415 g/mol. The van der Waals surface area contributed by atoms with E-state index in [4.69, 9.17) is 16.3 Å². The highest BCUT2D eigenvalue weighted by Crippen LogP contribution is 2.27. The van der Waals surface area contributed by atoms with Gasteiger partial charge >= 0.3 is 6.18 Å². The number of halogens is 4.